The molecule has 2 aromatic rings. The topological polar surface area (TPSA) is 72.3 Å². The fourth-order valence-electron chi connectivity index (χ4n) is 1.36. The standard InChI is InChI=1S/C12H9FN2O3/c1-7-11(15-5-4-14-7)18-10-6-8(13)2-3-9(10)12(16)17/h2-6H,1H3,(H,16,17). The predicted molar refractivity (Wildman–Crippen MR) is 60.2 cm³/mol. The van der Waals surface area contributed by atoms with Gasteiger partial charge >= 0.3 is 5.97 Å². The van der Waals surface area contributed by atoms with Crippen molar-refractivity contribution in [3.63, 3.8) is 0 Å². The normalized spacial score (nSPS) is 10.1. The zero-order valence-electron chi connectivity index (χ0n) is 9.42. The Morgan fingerprint density at radius 3 is 2.72 bits per heavy atom. The second-order valence-corrected chi connectivity index (χ2v) is 3.49. The Balaban J connectivity index is 2.42. The van der Waals surface area contributed by atoms with E-state index in [0.717, 1.165) is 18.2 Å². The lowest BCUT2D eigenvalue weighted by atomic mass is 10.2. The van der Waals surface area contributed by atoms with Crippen LogP contribution in [0.3, 0.4) is 0 Å². The first kappa shape index (κ1) is 12.0. The number of carboxylic acids is 1. The van der Waals surface area contributed by atoms with Crippen LogP contribution in [-0.4, -0.2) is 21.0 Å². The number of aromatic nitrogens is 2. The molecule has 92 valence electrons. The fraction of sp³-hybridized carbons (Fsp3) is 0.0833. The van der Waals surface area contributed by atoms with Crippen molar-refractivity contribution in [2.24, 2.45) is 0 Å². The highest BCUT2D eigenvalue weighted by Gasteiger charge is 2.14. The van der Waals surface area contributed by atoms with Crippen LogP contribution in [0.5, 0.6) is 11.6 Å². The minimum absolute atomic E-state index is 0.105. The van der Waals surface area contributed by atoms with Crippen LogP contribution in [0.2, 0.25) is 0 Å². The third-order valence-electron chi connectivity index (χ3n) is 2.22. The first-order chi connectivity index (χ1) is 8.58. The third kappa shape index (κ3) is 2.42. The first-order valence-corrected chi connectivity index (χ1v) is 5.06. The number of aryl methyl sites for hydroxylation is 1. The lowest BCUT2D eigenvalue weighted by Gasteiger charge is -2.08. The number of hydrogen-bond acceptors (Lipinski definition) is 4. The van der Waals surface area contributed by atoms with Gasteiger partial charge in [0.15, 0.2) is 0 Å². The summed E-state index contributed by atoms with van der Waals surface area (Å²) in [5.74, 6) is -1.75. The molecule has 0 atom stereocenters. The van der Waals surface area contributed by atoms with Crippen LogP contribution in [-0.2, 0) is 0 Å². The molecule has 0 radical (unpaired) electrons. The Morgan fingerprint density at radius 1 is 1.33 bits per heavy atom. The highest BCUT2D eigenvalue weighted by Crippen LogP contribution is 2.26. The molecule has 18 heavy (non-hydrogen) atoms. The van der Waals surface area contributed by atoms with Crippen LogP contribution in [0, 0.1) is 12.7 Å². The average molecular weight is 248 g/mol. The van der Waals surface area contributed by atoms with Crippen molar-refractivity contribution in [1.29, 1.82) is 0 Å². The van der Waals surface area contributed by atoms with E-state index in [4.69, 9.17) is 9.84 Å². The molecule has 5 nitrogen and oxygen atoms in total. The van der Waals surface area contributed by atoms with Gasteiger partial charge in [0, 0.05) is 18.5 Å². The van der Waals surface area contributed by atoms with Crippen molar-refractivity contribution in [3.8, 4) is 11.6 Å². The Bertz CT molecular complexity index is 602. The van der Waals surface area contributed by atoms with E-state index in [0.29, 0.717) is 5.69 Å². The highest BCUT2D eigenvalue weighted by atomic mass is 19.1. The van der Waals surface area contributed by atoms with Crippen LogP contribution in [0.25, 0.3) is 0 Å². The number of halogens is 1. The Kier molecular flexibility index (Phi) is 3.18. The molecule has 0 saturated heterocycles. The summed E-state index contributed by atoms with van der Waals surface area (Å²) in [4.78, 5) is 18.8. The van der Waals surface area contributed by atoms with Crippen LogP contribution < -0.4 is 4.74 Å². The number of nitrogens with zero attached hydrogens (tertiary/aromatic N) is 2. The Morgan fingerprint density at radius 2 is 2.06 bits per heavy atom. The maximum atomic E-state index is 13.1. The number of carboxylic acid groups (broad SMARTS) is 1. The van der Waals surface area contributed by atoms with Crippen molar-refractivity contribution in [3.05, 3.63) is 47.7 Å². The van der Waals surface area contributed by atoms with Gasteiger partial charge in [0.05, 0.1) is 5.69 Å². The summed E-state index contributed by atoms with van der Waals surface area (Å²) < 4.78 is 18.4. The smallest absolute Gasteiger partial charge is 0.339 e. The summed E-state index contributed by atoms with van der Waals surface area (Å²) in [5.41, 5.74) is 0.347. The molecular formula is C12H9FN2O3. The van der Waals surface area contributed by atoms with Crippen molar-refractivity contribution in [1.82, 2.24) is 9.97 Å². The monoisotopic (exact) mass is 248 g/mol. The molecule has 0 amide bonds. The van der Waals surface area contributed by atoms with Gasteiger partial charge in [0.25, 0.3) is 0 Å². The SMILES string of the molecule is Cc1nccnc1Oc1cc(F)ccc1C(=O)O. The number of rotatable bonds is 3. The van der Waals surface area contributed by atoms with Crippen LogP contribution in [0.4, 0.5) is 4.39 Å². The van der Waals surface area contributed by atoms with E-state index in [-0.39, 0.29) is 17.2 Å². The molecule has 0 bridgehead atoms. The molecule has 0 aliphatic heterocycles. The molecule has 1 heterocycles. The molecule has 1 aromatic heterocycles. The van der Waals surface area contributed by atoms with Gasteiger partial charge in [0.2, 0.25) is 5.88 Å². The minimum atomic E-state index is -1.20. The number of hydrogen-bond donors (Lipinski definition) is 1. The minimum Gasteiger partial charge on any atom is -0.478 e. The average Bonchev–Trinajstić information content (AvgIpc) is 2.32. The summed E-state index contributed by atoms with van der Waals surface area (Å²) >= 11 is 0. The second kappa shape index (κ2) is 4.79. The maximum absolute atomic E-state index is 13.1. The number of benzene rings is 1. The zero-order valence-corrected chi connectivity index (χ0v) is 9.42. The van der Waals surface area contributed by atoms with Gasteiger partial charge in [-0.05, 0) is 19.1 Å². The molecule has 0 fully saturated rings. The number of carbonyl (C=O) groups is 1. The quantitative estimate of drug-likeness (QED) is 0.902. The summed E-state index contributed by atoms with van der Waals surface area (Å²) in [7, 11) is 0. The lowest BCUT2D eigenvalue weighted by Crippen LogP contribution is -2.02. The summed E-state index contributed by atoms with van der Waals surface area (Å²) in [6, 6.07) is 3.19. The summed E-state index contributed by atoms with van der Waals surface area (Å²) in [5, 5.41) is 8.97. The number of ether oxygens (including phenoxy) is 1. The van der Waals surface area contributed by atoms with E-state index < -0.39 is 11.8 Å². The van der Waals surface area contributed by atoms with Gasteiger partial charge in [-0.2, -0.15) is 0 Å². The maximum Gasteiger partial charge on any atom is 0.339 e. The Hall–Kier alpha value is -2.50. The molecule has 0 spiro atoms. The van der Waals surface area contributed by atoms with Crippen LogP contribution in [0.1, 0.15) is 16.1 Å². The van der Waals surface area contributed by atoms with Crippen molar-refractivity contribution >= 4 is 5.97 Å². The van der Waals surface area contributed by atoms with E-state index in [9.17, 15) is 9.18 Å². The zero-order chi connectivity index (χ0) is 13.1. The Labute approximate surface area is 102 Å². The van der Waals surface area contributed by atoms with E-state index in [1.807, 2.05) is 0 Å². The molecule has 1 N–H and O–H groups in total. The van der Waals surface area contributed by atoms with Crippen molar-refractivity contribution in [2.45, 2.75) is 6.92 Å². The lowest BCUT2D eigenvalue weighted by molar-refractivity contribution is 0.0694. The van der Waals surface area contributed by atoms with E-state index in [2.05, 4.69) is 9.97 Å². The van der Waals surface area contributed by atoms with Gasteiger partial charge < -0.3 is 9.84 Å². The van der Waals surface area contributed by atoms with Gasteiger partial charge in [-0.3, -0.25) is 4.98 Å². The largest absolute Gasteiger partial charge is 0.478 e. The molecule has 0 unspecified atom stereocenters. The van der Waals surface area contributed by atoms with Gasteiger partial charge in [-0.1, -0.05) is 0 Å². The van der Waals surface area contributed by atoms with Gasteiger partial charge in [-0.25, -0.2) is 14.2 Å². The second-order valence-electron chi connectivity index (χ2n) is 3.49. The van der Waals surface area contributed by atoms with Crippen molar-refractivity contribution in [2.75, 3.05) is 0 Å². The molecule has 0 aliphatic carbocycles. The molecule has 0 saturated carbocycles. The van der Waals surface area contributed by atoms with E-state index >= 15 is 0 Å². The van der Waals surface area contributed by atoms with Gasteiger partial charge in [-0.15, -0.1) is 0 Å². The predicted octanol–water partition coefficient (Wildman–Crippen LogP) is 2.41. The van der Waals surface area contributed by atoms with Crippen molar-refractivity contribution < 1.29 is 19.0 Å². The summed E-state index contributed by atoms with van der Waals surface area (Å²) in [6.45, 7) is 1.65. The van der Waals surface area contributed by atoms with E-state index in [1.165, 1.54) is 12.4 Å². The van der Waals surface area contributed by atoms with Crippen LogP contribution in [0.15, 0.2) is 30.6 Å². The van der Waals surface area contributed by atoms with Crippen LogP contribution >= 0.6 is 0 Å². The highest BCUT2D eigenvalue weighted by molar-refractivity contribution is 5.90. The van der Waals surface area contributed by atoms with E-state index in [1.54, 1.807) is 6.92 Å². The molecular weight excluding hydrogens is 239 g/mol. The number of aromatic carboxylic acids is 1. The summed E-state index contributed by atoms with van der Waals surface area (Å²) in [6.07, 6.45) is 2.88. The fourth-order valence-corrected chi connectivity index (χ4v) is 1.36. The molecule has 1 aromatic carbocycles. The van der Waals surface area contributed by atoms with Gasteiger partial charge in [0.1, 0.15) is 17.1 Å². The third-order valence-corrected chi connectivity index (χ3v) is 2.22. The molecule has 6 heteroatoms. The molecule has 2 rings (SSSR count). The first-order valence-electron chi connectivity index (χ1n) is 5.06. The molecule has 0 aliphatic rings.